The van der Waals surface area contributed by atoms with Gasteiger partial charge in [-0.2, -0.15) is 0 Å². The third-order valence-electron chi connectivity index (χ3n) is 2.17. The molecule has 0 radical (unpaired) electrons. The molecule has 0 aromatic carbocycles. The minimum atomic E-state index is -0.854. The number of nitrogens with two attached hydrogens (primary N) is 1. The van der Waals surface area contributed by atoms with Crippen LogP contribution in [0.2, 0.25) is 0 Å². The quantitative estimate of drug-likeness (QED) is 0.692. The fourth-order valence-electron chi connectivity index (χ4n) is 1.31. The van der Waals surface area contributed by atoms with Crippen LogP contribution in [-0.2, 0) is 4.79 Å². The van der Waals surface area contributed by atoms with E-state index in [1.807, 2.05) is 0 Å². The summed E-state index contributed by atoms with van der Waals surface area (Å²) in [6.07, 6.45) is 1.39. The normalized spacial score (nSPS) is 9.89. The summed E-state index contributed by atoms with van der Waals surface area (Å²) in [5, 5.41) is 5.02. The van der Waals surface area contributed by atoms with Crippen LogP contribution in [0, 0.1) is 5.82 Å². The zero-order valence-electron chi connectivity index (χ0n) is 10.00. The number of nitrogen functional groups attached to an aromatic ring is 1. The Morgan fingerprint density at radius 2 is 2.17 bits per heavy atom. The Hall–Kier alpha value is -2.18. The molecule has 1 aromatic rings. The molecule has 6 nitrogen and oxygen atoms in total. The first-order valence-electron chi connectivity index (χ1n) is 5.51. The molecule has 2 amide bonds. The van der Waals surface area contributed by atoms with Crippen LogP contribution in [-0.4, -0.2) is 29.9 Å². The van der Waals surface area contributed by atoms with Crippen molar-refractivity contribution in [1.29, 1.82) is 0 Å². The first kappa shape index (κ1) is 13.9. The minimum absolute atomic E-state index is 0.131. The topological polar surface area (TPSA) is 97.1 Å². The Labute approximate surface area is 104 Å². The van der Waals surface area contributed by atoms with Crippen LogP contribution in [0.4, 0.5) is 10.2 Å². The Bertz CT molecular complexity index is 451. The molecule has 0 fully saturated rings. The second-order valence-electron chi connectivity index (χ2n) is 3.52. The standard InChI is InChI=1S/C11H15FN4O2/c1-2-14-8(17)4-6-16-11(18)7-3-5-15-10(13)9(7)12/h3,5H,2,4,6H2,1H3,(H2,13,15)(H,14,17)(H,16,18). The maximum absolute atomic E-state index is 13.4. The van der Waals surface area contributed by atoms with Gasteiger partial charge < -0.3 is 16.4 Å². The van der Waals surface area contributed by atoms with Crippen LogP contribution >= 0.6 is 0 Å². The van der Waals surface area contributed by atoms with Gasteiger partial charge in [0.25, 0.3) is 5.91 Å². The van der Waals surface area contributed by atoms with E-state index < -0.39 is 11.7 Å². The SMILES string of the molecule is CCNC(=O)CCNC(=O)c1ccnc(N)c1F. The number of amides is 2. The minimum Gasteiger partial charge on any atom is -0.381 e. The molecule has 7 heteroatoms. The second-order valence-corrected chi connectivity index (χ2v) is 3.52. The molecule has 4 N–H and O–H groups in total. The summed E-state index contributed by atoms with van der Waals surface area (Å²) < 4.78 is 13.4. The number of hydrogen-bond acceptors (Lipinski definition) is 4. The summed E-state index contributed by atoms with van der Waals surface area (Å²) in [7, 11) is 0. The van der Waals surface area contributed by atoms with E-state index in [1.165, 1.54) is 12.3 Å². The number of nitrogens with one attached hydrogen (secondary N) is 2. The van der Waals surface area contributed by atoms with Gasteiger partial charge in [-0.1, -0.05) is 0 Å². The predicted octanol–water partition coefficient (Wildman–Crippen LogP) is 0.0589. The van der Waals surface area contributed by atoms with Crippen molar-refractivity contribution < 1.29 is 14.0 Å². The van der Waals surface area contributed by atoms with Gasteiger partial charge in [0.15, 0.2) is 11.6 Å². The molecule has 0 bridgehead atoms. The lowest BCUT2D eigenvalue weighted by Crippen LogP contribution is -2.31. The van der Waals surface area contributed by atoms with Crippen molar-refractivity contribution in [3.63, 3.8) is 0 Å². The number of pyridine rings is 1. The van der Waals surface area contributed by atoms with E-state index in [2.05, 4.69) is 15.6 Å². The highest BCUT2D eigenvalue weighted by Gasteiger charge is 2.14. The fraction of sp³-hybridized carbons (Fsp3) is 0.364. The predicted molar refractivity (Wildman–Crippen MR) is 64.2 cm³/mol. The molecule has 0 saturated carbocycles. The van der Waals surface area contributed by atoms with E-state index in [9.17, 15) is 14.0 Å². The van der Waals surface area contributed by atoms with Crippen molar-refractivity contribution in [3.05, 3.63) is 23.6 Å². The lowest BCUT2D eigenvalue weighted by molar-refractivity contribution is -0.120. The molecule has 0 aliphatic heterocycles. The Morgan fingerprint density at radius 3 is 2.83 bits per heavy atom. The maximum atomic E-state index is 13.4. The zero-order chi connectivity index (χ0) is 13.5. The molecule has 1 rings (SSSR count). The van der Waals surface area contributed by atoms with E-state index in [4.69, 9.17) is 5.73 Å². The van der Waals surface area contributed by atoms with Crippen molar-refractivity contribution in [2.75, 3.05) is 18.8 Å². The van der Waals surface area contributed by atoms with E-state index in [0.29, 0.717) is 6.54 Å². The van der Waals surface area contributed by atoms with Gasteiger partial charge in [-0.3, -0.25) is 9.59 Å². The summed E-state index contributed by atoms with van der Waals surface area (Å²) in [4.78, 5) is 26.2. The lowest BCUT2D eigenvalue weighted by atomic mass is 10.2. The second kappa shape index (κ2) is 6.53. The van der Waals surface area contributed by atoms with Crippen LogP contribution < -0.4 is 16.4 Å². The summed E-state index contributed by atoms with van der Waals surface area (Å²) in [6.45, 7) is 2.46. The number of carbonyl (C=O) groups excluding carboxylic acids is 2. The summed E-state index contributed by atoms with van der Waals surface area (Å²) in [6, 6.07) is 1.23. The van der Waals surface area contributed by atoms with Gasteiger partial charge >= 0.3 is 0 Å². The Balaban J connectivity index is 2.51. The number of anilines is 1. The first-order chi connectivity index (χ1) is 8.56. The number of nitrogens with zero attached hydrogens (tertiary/aromatic N) is 1. The molecular formula is C11H15FN4O2. The molecule has 0 aliphatic rings. The molecular weight excluding hydrogens is 239 g/mol. The van der Waals surface area contributed by atoms with Crippen LogP contribution in [0.25, 0.3) is 0 Å². The van der Waals surface area contributed by atoms with Gasteiger partial charge in [-0.25, -0.2) is 9.37 Å². The van der Waals surface area contributed by atoms with Crippen molar-refractivity contribution in [2.24, 2.45) is 0 Å². The zero-order valence-corrected chi connectivity index (χ0v) is 10.00. The monoisotopic (exact) mass is 254 g/mol. The third kappa shape index (κ3) is 3.69. The molecule has 0 spiro atoms. The highest BCUT2D eigenvalue weighted by molar-refractivity contribution is 5.95. The Morgan fingerprint density at radius 1 is 1.44 bits per heavy atom. The summed E-state index contributed by atoms with van der Waals surface area (Å²) in [5.74, 6) is -1.97. The fourth-order valence-corrected chi connectivity index (χ4v) is 1.31. The van der Waals surface area contributed by atoms with Crippen LogP contribution in [0.3, 0.4) is 0 Å². The molecule has 0 unspecified atom stereocenters. The number of aromatic nitrogens is 1. The van der Waals surface area contributed by atoms with Gasteiger partial charge in [-0.15, -0.1) is 0 Å². The van der Waals surface area contributed by atoms with Gasteiger partial charge in [0.05, 0.1) is 5.56 Å². The first-order valence-corrected chi connectivity index (χ1v) is 5.51. The lowest BCUT2D eigenvalue weighted by Gasteiger charge is -2.06. The molecule has 0 saturated heterocycles. The summed E-state index contributed by atoms with van der Waals surface area (Å²) in [5.41, 5.74) is 5.06. The third-order valence-corrected chi connectivity index (χ3v) is 2.17. The van der Waals surface area contributed by atoms with Gasteiger partial charge in [0, 0.05) is 25.7 Å². The van der Waals surface area contributed by atoms with E-state index >= 15 is 0 Å². The van der Waals surface area contributed by atoms with Crippen molar-refractivity contribution in [1.82, 2.24) is 15.6 Å². The highest BCUT2D eigenvalue weighted by atomic mass is 19.1. The molecule has 98 valence electrons. The number of rotatable bonds is 5. The highest BCUT2D eigenvalue weighted by Crippen LogP contribution is 2.11. The molecule has 1 aromatic heterocycles. The van der Waals surface area contributed by atoms with Crippen molar-refractivity contribution in [2.45, 2.75) is 13.3 Å². The van der Waals surface area contributed by atoms with Gasteiger partial charge in [-0.05, 0) is 13.0 Å². The Kier molecular flexibility index (Phi) is 5.04. The average molecular weight is 254 g/mol. The van der Waals surface area contributed by atoms with E-state index in [0.717, 1.165) is 0 Å². The van der Waals surface area contributed by atoms with E-state index in [1.54, 1.807) is 6.92 Å². The smallest absolute Gasteiger partial charge is 0.254 e. The molecule has 1 heterocycles. The number of carbonyl (C=O) groups is 2. The molecule has 0 aliphatic carbocycles. The molecule has 18 heavy (non-hydrogen) atoms. The number of hydrogen-bond donors (Lipinski definition) is 3. The van der Waals surface area contributed by atoms with Crippen molar-refractivity contribution >= 4 is 17.6 Å². The van der Waals surface area contributed by atoms with Crippen LogP contribution in [0.1, 0.15) is 23.7 Å². The van der Waals surface area contributed by atoms with Crippen molar-refractivity contribution in [3.8, 4) is 0 Å². The van der Waals surface area contributed by atoms with E-state index in [-0.39, 0.29) is 30.3 Å². The van der Waals surface area contributed by atoms with Crippen LogP contribution in [0.15, 0.2) is 12.3 Å². The number of halogens is 1. The van der Waals surface area contributed by atoms with Gasteiger partial charge in [0.2, 0.25) is 5.91 Å². The van der Waals surface area contributed by atoms with Crippen LogP contribution in [0.5, 0.6) is 0 Å². The maximum Gasteiger partial charge on any atom is 0.254 e. The largest absolute Gasteiger partial charge is 0.381 e. The van der Waals surface area contributed by atoms with Gasteiger partial charge in [0.1, 0.15) is 0 Å². The molecule has 0 atom stereocenters. The summed E-state index contributed by atoms with van der Waals surface area (Å²) >= 11 is 0. The average Bonchev–Trinajstić information content (AvgIpc) is 2.33.